The molecule has 2 aromatic heterocycles. The average Bonchev–Trinajstić information content (AvgIpc) is 3.13. The maximum absolute atomic E-state index is 12.6. The fourth-order valence-electron chi connectivity index (χ4n) is 3.41. The van der Waals surface area contributed by atoms with E-state index in [0.29, 0.717) is 25.2 Å². The van der Waals surface area contributed by atoms with Crippen molar-refractivity contribution in [3.8, 4) is 0 Å². The maximum atomic E-state index is 12.6. The average molecular weight is 500 g/mol. The van der Waals surface area contributed by atoms with Crippen LogP contribution in [-0.2, 0) is 21.5 Å². The molecule has 0 radical (unpaired) electrons. The third kappa shape index (κ3) is 6.68. The van der Waals surface area contributed by atoms with Crippen LogP contribution in [0.4, 0.5) is 5.82 Å². The minimum absolute atomic E-state index is 0.186. The van der Waals surface area contributed by atoms with E-state index in [1.54, 1.807) is 30.2 Å². The summed E-state index contributed by atoms with van der Waals surface area (Å²) in [5.74, 6) is 0.777. The smallest absolute Gasteiger partial charge is 0.302 e. The SMILES string of the molecule is Cc1c(CN(C)C(=O)/C=C/c2ccc(NS(=O)(=O)N(C)CCN(C)C)nc2)oc2c(C)cccc12. The van der Waals surface area contributed by atoms with Crippen LogP contribution in [-0.4, -0.2) is 74.7 Å². The summed E-state index contributed by atoms with van der Waals surface area (Å²) in [6, 6.07) is 9.27. The minimum Gasteiger partial charge on any atom is -0.459 e. The van der Waals surface area contributed by atoms with Gasteiger partial charge in [-0.2, -0.15) is 12.7 Å². The van der Waals surface area contributed by atoms with Gasteiger partial charge < -0.3 is 14.2 Å². The van der Waals surface area contributed by atoms with Gasteiger partial charge in [-0.3, -0.25) is 9.52 Å². The van der Waals surface area contributed by atoms with Crippen LogP contribution in [0.5, 0.6) is 0 Å². The highest BCUT2D eigenvalue weighted by molar-refractivity contribution is 7.90. The number of pyridine rings is 1. The van der Waals surface area contributed by atoms with Crippen LogP contribution in [0.2, 0.25) is 0 Å². The molecular weight excluding hydrogens is 466 g/mol. The van der Waals surface area contributed by atoms with Gasteiger partial charge in [-0.25, -0.2) is 4.98 Å². The monoisotopic (exact) mass is 499 g/mol. The molecule has 1 amide bonds. The summed E-state index contributed by atoms with van der Waals surface area (Å²) in [6.45, 7) is 5.30. The molecule has 0 spiro atoms. The number of carbonyl (C=O) groups excluding carboxylic acids is 1. The number of furan rings is 1. The Bertz CT molecular complexity index is 1310. The van der Waals surface area contributed by atoms with Gasteiger partial charge >= 0.3 is 10.2 Å². The Hall–Kier alpha value is -3.21. The van der Waals surface area contributed by atoms with Gasteiger partial charge in [0.05, 0.1) is 6.54 Å². The number of nitrogens with zero attached hydrogens (tertiary/aromatic N) is 4. The van der Waals surface area contributed by atoms with E-state index in [4.69, 9.17) is 4.42 Å². The van der Waals surface area contributed by atoms with Crippen molar-refractivity contribution in [1.29, 1.82) is 0 Å². The number of nitrogens with one attached hydrogen (secondary N) is 1. The van der Waals surface area contributed by atoms with Gasteiger partial charge in [0.2, 0.25) is 5.91 Å². The molecule has 1 N–H and O–H groups in total. The molecule has 0 fully saturated rings. The third-order valence-corrected chi connectivity index (χ3v) is 7.20. The molecule has 0 saturated carbocycles. The van der Waals surface area contributed by atoms with Gasteiger partial charge in [0.1, 0.15) is 17.2 Å². The Kier molecular flexibility index (Phi) is 8.31. The van der Waals surface area contributed by atoms with Crippen molar-refractivity contribution in [3.05, 3.63) is 65.1 Å². The molecule has 0 atom stereocenters. The summed E-state index contributed by atoms with van der Waals surface area (Å²) in [7, 11) is 3.29. The molecule has 9 nitrogen and oxygen atoms in total. The lowest BCUT2D eigenvalue weighted by atomic mass is 10.1. The molecule has 0 unspecified atom stereocenters. The van der Waals surface area contributed by atoms with E-state index in [1.807, 2.05) is 51.0 Å². The van der Waals surface area contributed by atoms with Crippen LogP contribution >= 0.6 is 0 Å². The highest BCUT2D eigenvalue weighted by atomic mass is 32.2. The van der Waals surface area contributed by atoms with Gasteiger partial charge in [-0.05, 0) is 57.3 Å². The lowest BCUT2D eigenvalue weighted by molar-refractivity contribution is -0.125. The molecule has 3 aromatic rings. The number of anilines is 1. The Morgan fingerprint density at radius 2 is 1.83 bits per heavy atom. The molecule has 0 aliphatic carbocycles. The zero-order chi connectivity index (χ0) is 25.8. The summed E-state index contributed by atoms with van der Waals surface area (Å²) >= 11 is 0. The number of amides is 1. The van der Waals surface area contributed by atoms with Crippen molar-refractivity contribution < 1.29 is 17.6 Å². The summed E-state index contributed by atoms with van der Waals surface area (Å²) in [5, 5.41) is 1.06. The first-order valence-corrected chi connectivity index (χ1v) is 12.7. The van der Waals surface area contributed by atoms with Gasteiger partial charge in [0, 0.05) is 50.4 Å². The quantitative estimate of drug-likeness (QED) is 0.430. The predicted molar refractivity (Wildman–Crippen MR) is 139 cm³/mol. The van der Waals surface area contributed by atoms with Crippen LogP contribution in [0.3, 0.4) is 0 Å². The van der Waals surface area contributed by atoms with Crippen LogP contribution in [0, 0.1) is 13.8 Å². The minimum atomic E-state index is -3.70. The van der Waals surface area contributed by atoms with E-state index in [9.17, 15) is 13.2 Å². The molecule has 2 heterocycles. The topological polar surface area (TPSA) is 99.0 Å². The van der Waals surface area contributed by atoms with Crippen LogP contribution in [0.25, 0.3) is 17.0 Å². The number of aromatic nitrogens is 1. The second-order valence-corrected chi connectivity index (χ2v) is 10.6. The number of carbonyl (C=O) groups is 1. The van der Waals surface area contributed by atoms with E-state index in [-0.39, 0.29) is 11.7 Å². The molecule has 1 aromatic carbocycles. The number of hydrogen-bond donors (Lipinski definition) is 1. The number of rotatable bonds is 10. The van der Waals surface area contributed by atoms with E-state index >= 15 is 0 Å². The number of fused-ring (bicyclic) bond motifs is 1. The zero-order valence-electron chi connectivity index (χ0n) is 21.1. The number of hydrogen-bond acceptors (Lipinski definition) is 6. The van der Waals surface area contributed by atoms with Crippen LogP contribution in [0.1, 0.15) is 22.5 Å². The Morgan fingerprint density at radius 3 is 2.46 bits per heavy atom. The number of likely N-dealkylation sites (N-methyl/N-ethyl adjacent to an activating group) is 3. The normalized spacial score (nSPS) is 12.2. The molecule has 10 heteroatoms. The summed E-state index contributed by atoms with van der Waals surface area (Å²) < 4.78 is 34.6. The van der Waals surface area contributed by atoms with Gasteiger partial charge in [0.15, 0.2) is 0 Å². The molecule has 0 aliphatic heterocycles. The van der Waals surface area contributed by atoms with Gasteiger partial charge in [-0.1, -0.05) is 18.2 Å². The standard InChI is InChI=1S/C25H33N5O4S/c1-18-8-7-9-21-19(2)22(34-25(18)21)17-29(5)24(31)13-11-20-10-12-23(26-16-20)27-35(32,33)30(6)15-14-28(3)4/h7-13,16H,14-15,17H2,1-6H3,(H,26,27)/b13-11+. The van der Waals surface area contributed by atoms with Crippen molar-refractivity contribution in [2.24, 2.45) is 0 Å². The molecule has 188 valence electrons. The maximum Gasteiger partial charge on any atom is 0.302 e. The highest BCUT2D eigenvalue weighted by Gasteiger charge is 2.18. The first-order chi connectivity index (χ1) is 16.5. The van der Waals surface area contributed by atoms with Crippen molar-refractivity contribution in [3.63, 3.8) is 0 Å². The van der Waals surface area contributed by atoms with Crippen molar-refractivity contribution in [1.82, 2.24) is 19.1 Å². The summed E-state index contributed by atoms with van der Waals surface area (Å²) in [5.41, 5.74) is 3.61. The van der Waals surface area contributed by atoms with E-state index in [1.165, 1.54) is 23.6 Å². The second kappa shape index (κ2) is 11.0. The molecule has 3 rings (SSSR count). The molecule has 35 heavy (non-hydrogen) atoms. The first kappa shape index (κ1) is 26.4. The van der Waals surface area contributed by atoms with Gasteiger partial charge in [0.25, 0.3) is 0 Å². The largest absolute Gasteiger partial charge is 0.459 e. The highest BCUT2D eigenvalue weighted by Crippen LogP contribution is 2.28. The third-order valence-electron chi connectivity index (χ3n) is 5.73. The number of benzene rings is 1. The fourth-order valence-corrected chi connectivity index (χ4v) is 4.27. The first-order valence-electron chi connectivity index (χ1n) is 11.2. The Morgan fingerprint density at radius 1 is 1.09 bits per heavy atom. The predicted octanol–water partition coefficient (Wildman–Crippen LogP) is 3.27. The summed E-state index contributed by atoms with van der Waals surface area (Å²) in [4.78, 5) is 20.3. The number of para-hydroxylation sites is 1. The van der Waals surface area contributed by atoms with Crippen molar-refractivity contribution >= 4 is 39.0 Å². The van der Waals surface area contributed by atoms with E-state index in [2.05, 4.69) is 9.71 Å². The van der Waals surface area contributed by atoms with Gasteiger partial charge in [-0.15, -0.1) is 0 Å². The van der Waals surface area contributed by atoms with Crippen molar-refractivity contribution in [2.45, 2.75) is 20.4 Å². The molecule has 0 saturated heterocycles. The molecule has 0 bridgehead atoms. The fraction of sp³-hybridized carbons (Fsp3) is 0.360. The van der Waals surface area contributed by atoms with Crippen LogP contribution < -0.4 is 4.72 Å². The Labute approximate surface area is 207 Å². The Balaban J connectivity index is 1.60. The zero-order valence-corrected chi connectivity index (χ0v) is 21.9. The van der Waals surface area contributed by atoms with Crippen molar-refractivity contribution in [2.75, 3.05) is 46.0 Å². The van der Waals surface area contributed by atoms with E-state index < -0.39 is 10.2 Å². The lowest BCUT2D eigenvalue weighted by Crippen LogP contribution is -2.37. The van der Waals surface area contributed by atoms with E-state index in [0.717, 1.165) is 27.9 Å². The van der Waals surface area contributed by atoms with Crippen LogP contribution in [0.15, 0.2) is 47.0 Å². The molecular formula is C25H33N5O4S. The second-order valence-electron chi connectivity index (χ2n) is 8.84. The number of aryl methyl sites for hydroxylation is 2. The lowest BCUT2D eigenvalue weighted by Gasteiger charge is -2.19. The summed E-state index contributed by atoms with van der Waals surface area (Å²) in [6.07, 6.45) is 4.61. The molecule has 0 aliphatic rings.